The molecule has 0 saturated heterocycles. The van der Waals surface area contributed by atoms with Crippen LogP contribution < -0.4 is 4.74 Å². The summed E-state index contributed by atoms with van der Waals surface area (Å²) in [5.74, 6) is -0.228. The molecule has 0 aromatic carbocycles. The average Bonchev–Trinajstić information content (AvgIpc) is 2.46. The first-order valence-corrected chi connectivity index (χ1v) is 7.02. The fourth-order valence-corrected chi connectivity index (χ4v) is 1.73. The zero-order valence-electron chi connectivity index (χ0n) is 13.3. The van der Waals surface area contributed by atoms with E-state index in [1.807, 2.05) is 26.8 Å². The first-order valence-electron chi connectivity index (χ1n) is 7.02. The van der Waals surface area contributed by atoms with Crippen molar-refractivity contribution in [2.45, 2.75) is 33.6 Å². The van der Waals surface area contributed by atoms with Gasteiger partial charge in [-0.2, -0.15) is 0 Å². The predicted octanol–water partition coefficient (Wildman–Crippen LogP) is 3.97. The first-order chi connectivity index (χ1) is 10.8. The molecule has 0 saturated carbocycles. The zero-order valence-corrected chi connectivity index (χ0v) is 13.3. The standard InChI is InChI=1S/C15H19N3O5/c1-11(2)5-4-6-12(3)7-8-23-15-14(18(21)22)9-13(10-16-15)17(19)20/h5,7,9-10H,4,6,8H2,1-3H3. The van der Waals surface area contributed by atoms with Gasteiger partial charge in [-0.1, -0.05) is 17.2 Å². The molecular weight excluding hydrogens is 302 g/mol. The van der Waals surface area contributed by atoms with Gasteiger partial charge in [-0.3, -0.25) is 20.2 Å². The zero-order chi connectivity index (χ0) is 17.4. The third-order valence-electron chi connectivity index (χ3n) is 2.97. The largest absolute Gasteiger partial charge is 0.469 e. The van der Waals surface area contributed by atoms with Crippen molar-refractivity contribution in [3.63, 3.8) is 0 Å². The van der Waals surface area contributed by atoms with Gasteiger partial charge in [0.05, 0.1) is 9.85 Å². The van der Waals surface area contributed by atoms with Crippen LogP contribution in [0.25, 0.3) is 0 Å². The molecule has 0 bridgehead atoms. The molecule has 1 aromatic rings. The van der Waals surface area contributed by atoms with E-state index < -0.39 is 21.2 Å². The highest BCUT2D eigenvalue weighted by Crippen LogP contribution is 2.28. The summed E-state index contributed by atoms with van der Waals surface area (Å²) in [6, 6.07) is 0.841. The van der Waals surface area contributed by atoms with E-state index in [4.69, 9.17) is 4.74 Å². The molecule has 0 atom stereocenters. The van der Waals surface area contributed by atoms with E-state index in [-0.39, 0.29) is 12.5 Å². The molecule has 124 valence electrons. The fraction of sp³-hybridized carbons (Fsp3) is 0.400. The van der Waals surface area contributed by atoms with E-state index >= 15 is 0 Å². The SMILES string of the molecule is CC(C)=CCCC(C)=CCOc1ncc([N+](=O)[O-])cc1[N+](=O)[O-]. The minimum Gasteiger partial charge on any atom is -0.469 e. The Bertz CT molecular complexity index is 649. The van der Waals surface area contributed by atoms with Crippen LogP contribution in [-0.2, 0) is 0 Å². The van der Waals surface area contributed by atoms with Crippen LogP contribution in [0.5, 0.6) is 5.88 Å². The molecule has 0 aliphatic carbocycles. The van der Waals surface area contributed by atoms with Gasteiger partial charge in [0.25, 0.3) is 11.6 Å². The first kappa shape index (κ1) is 18.3. The Morgan fingerprint density at radius 3 is 2.48 bits per heavy atom. The lowest BCUT2D eigenvalue weighted by Crippen LogP contribution is -2.02. The summed E-state index contributed by atoms with van der Waals surface area (Å²) in [6.07, 6.45) is 6.66. The van der Waals surface area contributed by atoms with Gasteiger partial charge in [0.15, 0.2) is 0 Å². The van der Waals surface area contributed by atoms with E-state index in [0.29, 0.717) is 0 Å². The highest BCUT2D eigenvalue weighted by atomic mass is 16.6. The number of aromatic nitrogens is 1. The molecule has 8 heteroatoms. The van der Waals surface area contributed by atoms with Crippen LogP contribution in [0.15, 0.2) is 35.6 Å². The number of rotatable bonds is 8. The van der Waals surface area contributed by atoms with E-state index in [0.717, 1.165) is 30.7 Å². The Labute approximate surface area is 133 Å². The van der Waals surface area contributed by atoms with E-state index in [1.165, 1.54) is 5.57 Å². The van der Waals surface area contributed by atoms with Crippen LogP contribution in [0.3, 0.4) is 0 Å². The molecule has 23 heavy (non-hydrogen) atoms. The lowest BCUT2D eigenvalue weighted by molar-refractivity contribution is -0.395. The van der Waals surface area contributed by atoms with Gasteiger partial charge < -0.3 is 4.74 Å². The lowest BCUT2D eigenvalue weighted by atomic mass is 10.1. The Morgan fingerprint density at radius 1 is 1.22 bits per heavy atom. The number of hydrogen-bond acceptors (Lipinski definition) is 6. The normalized spacial score (nSPS) is 11.0. The summed E-state index contributed by atoms with van der Waals surface area (Å²) in [4.78, 5) is 23.7. The minimum atomic E-state index is -0.749. The van der Waals surface area contributed by atoms with Crippen LogP contribution >= 0.6 is 0 Å². The number of ether oxygens (including phenoxy) is 1. The van der Waals surface area contributed by atoms with Crippen molar-refractivity contribution >= 4 is 11.4 Å². The van der Waals surface area contributed by atoms with Gasteiger partial charge in [-0.05, 0) is 39.7 Å². The number of nitrogens with zero attached hydrogens (tertiary/aromatic N) is 3. The van der Waals surface area contributed by atoms with Crippen LogP contribution in [0.2, 0.25) is 0 Å². The highest BCUT2D eigenvalue weighted by molar-refractivity contribution is 5.48. The Balaban J connectivity index is 2.72. The number of hydrogen-bond donors (Lipinski definition) is 0. The summed E-state index contributed by atoms with van der Waals surface area (Å²) >= 11 is 0. The second-order valence-corrected chi connectivity index (χ2v) is 5.21. The lowest BCUT2D eigenvalue weighted by Gasteiger charge is -2.04. The molecule has 0 aliphatic rings. The minimum absolute atomic E-state index is 0.117. The second-order valence-electron chi connectivity index (χ2n) is 5.21. The van der Waals surface area contributed by atoms with Gasteiger partial charge in [0, 0.05) is 0 Å². The molecule has 0 amide bonds. The average molecular weight is 321 g/mol. The molecule has 8 nitrogen and oxygen atoms in total. The second kappa shape index (κ2) is 8.62. The maximum absolute atomic E-state index is 10.9. The molecule has 0 N–H and O–H groups in total. The highest BCUT2D eigenvalue weighted by Gasteiger charge is 2.22. The van der Waals surface area contributed by atoms with Crippen molar-refractivity contribution in [2.75, 3.05) is 6.61 Å². The van der Waals surface area contributed by atoms with Crippen molar-refractivity contribution in [1.29, 1.82) is 0 Å². The maximum Gasteiger partial charge on any atom is 0.337 e. The third kappa shape index (κ3) is 6.25. The molecule has 0 radical (unpaired) electrons. The van der Waals surface area contributed by atoms with E-state index in [9.17, 15) is 20.2 Å². The molecule has 1 rings (SSSR count). The molecule has 0 fully saturated rings. The quantitative estimate of drug-likeness (QED) is 0.407. The van der Waals surface area contributed by atoms with Crippen molar-refractivity contribution in [3.8, 4) is 5.88 Å². The number of nitro groups is 2. The van der Waals surface area contributed by atoms with Crippen LogP contribution in [0.1, 0.15) is 33.6 Å². The monoisotopic (exact) mass is 321 g/mol. The van der Waals surface area contributed by atoms with Gasteiger partial charge in [-0.15, -0.1) is 0 Å². The molecule has 0 aliphatic heterocycles. The third-order valence-corrected chi connectivity index (χ3v) is 2.97. The van der Waals surface area contributed by atoms with Gasteiger partial charge in [0.1, 0.15) is 18.9 Å². The van der Waals surface area contributed by atoms with Crippen molar-refractivity contribution in [1.82, 2.24) is 4.98 Å². The molecule has 1 heterocycles. The predicted molar refractivity (Wildman–Crippen MR) is 85.5 cm³/mol. The molecule has 1 aromatic heterocycles. The summed E-state index contributed by atoms with van der Waals surface area (Å²) in [5.41, 5.74) is 1.37. The van der Waals surface area contributed by atoms with Crippen LogP contribution in [0, 0.1) is 20.2 Å². The fourth-order valence-electron chi connectivity index (χ4n) is 1.73. The summed E-state index contributed by atoms with van der Waals surface area (Å²) < 4.78 is 5.26. The molecular formula is C15H19N3O5. The maximum atomic E-state index is 10.9. The summed E-state index contributed by atoms with van der Waals surface area (Å²) in [5, 5.41) is 21.6. The number of pyridine rings is 1. The van der Waals surface area contributed by atoms with Gasteiger partial charge in [-0.25, -0.2) is 4.98 Å². The number of allylic oxidation sites excluding steroid dienone is 3. The summed E-state index contributed by atoms with van der Waals surface area (Å²) in [6.45, 7) is 6.12. The van der Waals surface area contributed by atoms with Crippen molar-refractivity contribution < 1.29 is 14.6 Å². The summed E-state index contributed by atoms with van der Waals surface area (Å²) in [7, 11) is 0. The molecule has 0 unspecified atom stereocenters. The van der Waals surface area contributed by atoms with Gasteiger partial charge >= 0.3 is 5.69 Å². The van der Waals surface area contributed by atoms with E-state index in [1.54, 1.807) is 0 Å². The van der Waals surface area contributed by atoms with Crippen molar-refractivity contribution in [3.05, 3.63) is 55.8 Å². The van der Waals surface area contributed by atoms with E-state index in [2.05, 4.69) is 11.1 Å². The van der Waals surface area contributed by atoms with Crippen molar-refractivity contribution in [2.24, 2.45) is 0 Å². The smallest absolute Gasteiger partial charge is 0.337 e. The van der Waals surface area contributed by atoms with Crippen LogP contribution in [0.4, 0.5) is 11.4 Å². The Hall–Kier alpha value is -2.77. The Kier molecular flexibility index (Phi) is 6.85. The Morgan fingerprint density at radius 2 is 1.91 bits per heavy atom. The molecule has 0 spiro atoms. The topological polar surface area (TPSA) is 108 Å². The van der Waals surface area contributed by atoms with Crippen LogP contribution in [-0.4, -0.2) is 21.4 Å². The van der Waals surface area contributed by atoms with Gasteiger partial charge in [0.2, 0.25) is 0 Å².